The largest absolute Gasteiger partial charge is 0.393 e. The first-order valence-corrected chi connectivity index (χ1v) is 13.3. The normalized spacial score (nSPS) is 24.6. The molecule has 5 rings (SSSR count). The number of hydrogen-bond donors (Lipinski definition) is 4. The molecule has 0 radical (unpaired) electrons. The molecule has 0 saturated heterocycles. The van der Waals surface area contributed by atoms with Gasteiger partial charge in [-0.15, -0.1) is 0 Å². The molecule has 5 N–H and O–H groups in total. The topological polar surface area (TPSA) is 131 Å². The average molecular weight is 553 g/mol. The highest BCUT2D eigenvalue weighted by Gasteiger charge is 2.30. The molecule has 12 heteroatoms. The molecule has 192 valence electrons. The maximum absolute atomic E-state index is 11.7. The van der Waals surface area contributed by atoms with Gasteiger partial charge in [0.1, 0.15) is 5.52 Å². The molecule has 2 fully saturated rings. The fourth-order valence-corrected chi connectivity index (χ4v) is 6.18. The van der Waals surface area contributed by atoms with Crippen LogP contribution in [0.4, 0.5) is 17.6 Å². The summed E-state index contributed by atoms with van der Waals surface area (Å²) in [6, 6.07) is 3.38. The number of primary amides is 1. The first-order chi connectivity index (χ1) is 17.3. The molecule has 1 amide bonds. The quantitative estimate of drug-likeness (QED) is 0.319. The Morgan fingerprint density at radius 2 is 1.78 bits per heavy atom. The van der Waals surface area contributed by atoms with E-state index < -0.39 is 0 Å². The molecule has 0 spiro atoms. The Kier molecular flexibility index (Phi) is 7.44. The lowest BCUT2D eigenvalue weighted by molar-refractivity contribution is -0.122. The van der Waals surface area contributed by atoms with E-state index in [-0.39, 0.29) is 30.0 Å². The first kappa shape index (κ1) is 25.3. The number of nitrogens with one attached hydrogen (secondary N) is 2. The number of amides is 1. The first-order valence-electron chi connectivity index (χ1n) is 12.2. The van der Waals surface area contributed by atoms with Gasteiger partial charge >= 0.3 is 0 Å². The Morgan fingerprint density at radius 3 is 2.44 bits per heavy atom. The molecule has 2 atom stereocenters. The number of benzene rings is 1. The summed E-state index contributed by atoms with van der Waals surface area (Å²) in [5.74, 6) is 0.628. The molecule has 2 aliphatic carbocycles. The van der Waals surface area contributed by atoms with Crippen molar-refractivity contribution in [3.8, 4) is 0 Å². The third-order valence-corrected chi connectivity index (χ3v) is 7.93. The van der Waals surface area contributed by atoms with E-state index in [0.29, 0.717) is 63.1 Å². The number of rotatable bonds is 6. The van der Waals surface area contributed by atoms with Gasteiger partial charge in [-0.05, 0) is 63.5 Å². The molecular weight excluding hydrogens is 525 g/mol. The lowest BCUT2D eigenvalue weighted by atomic mass is 9.85. The number of carbonyl (C=O) groups is 1. The third kappa shape index (κ3) is 5.34. The van der Waals surface area contributed by atoms with Gasteiger partial charge < -0.3 is 21.5 Å². The number of hydrogen-bond acceptors (Lipinski definition) is 7. The van der Waals surface area contributed by atoms with Crippen LogP contribution in [-0.4, -0.2) is 42.7 Å². The molecule has 2 aromatic heterocycles. The molecule has 0 aliphatic heterocycles. The summed E-state index contributed by atoms with van der Waals surface area (Å²) in [4.78, 5) is 25.8. The smallest absolute Gasteiger partial charge is 0.224 e. The number of aliphatic hydroxyl groups is 1. The van der Waals surface area contributed by atoms with E-state index in [4.69, 9.17) is 50.5 Å². The maximum atomic E-state index is 11.7. The van der Waals surface area contributed by atoms with Gasteiger partial charge in [0, 0.05) is 23.0 Å². The highest BCUT2D eigenvalue weighted by Crippen LogP contribution is 2.40. The summed E-state index contributed by atoms with van der Waals surface area (Å²) < 4.78 is 2.04. The minimum atomic E-state index is -0.310. The standard InChI is InChI=1S/C24H28Cl3N7O2/c25-13-8-17(26)20(18(27)9-13)32-24-31-19-11-29-23(30-14-2-1-3-16(35)10-14)33-22(19)34(24)15-6-4-12(5-7-15)21(28)36/h8-9,11-12,14-16,35H,1-7,10H2,(H2,28,36)(H,31,32)(H,29,30,33)/t12-,14-,15-,16+/m0/s1. The van der Waals surface area contributed by atoms with Crippen LogP contribution in [0, 0.1) is 5.92 Å². The predicted molar refractivity (Wildman–Crippen MR) is 142 cm³/mol. The van der Waals surface area contributed by atoms with E-state index in [1.807, 2.05) is 4.57 Å². The molecule has 9 nitrogen and oxygen atoms in total. The van der Waals surface area contributed by atoms with E-state index >= 15 is 0 Å². The summed E-state index contributed by atoms with van der Waals surface area (Å²) >= 11 is 19.0. The number of fused-ring (bicyclic) bond motifs is 1. The van der Waals surface area contributed by atoms with E-state index in [1.165, 1.54) is 0 Å². The summed E-state index contributed by atoms with van der Waals surface area (Å²) in [5.41, 5.74) is 7.33. The van der Waals surface area contributed by atoms with Crippen LogP contribution < -0.4 is 16.4 Å². The molecule has 36 heavy (non-hydrogen) atoms. The Bertz CT molecular complexity index is 1250. The Hall–Kier alpha value is -2.33. The molecule has 0 bridgehead atoms. The number of aliphatic hydroxyl groups excluding tert-OH is 1. The Balaban J connectivity index is 1.51. The number of nitrogens with zero attached hydrogens (tertiary/aromatic N) is 4. The Labute approximate surface area is 223 Å². The van der Waals surface area contributed by atoms with Crippen LogP contribution in [0.1, 0.15) is 57.4 Å². The second-order valence-electron chi connectivity index (χ2n) is 9.65. The summed E-state index contributed by atoms with van der Waals surface area (Å²) in [6.45, 7) is 0. The van der Waals surface area contributed by atoms with E-state index in [2.05, 4.69) is 15.6 Å². The number of carbonyl (C=O) groups excluding carboxylic acids is 1. The molecule has 3 aromatic rings. The van der Waals surface area contributed by atoms with Gasteiger partial charge in [0.15, 0.2) is 5.65 Å². The van der Waals surface area contributed by atoms with Crippen molar-refractivity contribution in [2.75, 3.05) is 10.6 Å². The zero-order valence-corrected chi connectivity index (χ0v) is 21.8. The SMILES string of the molecule is NC(=O)[C@H]1CC[C@H](n2c(Nc3c(Cl)cc(Cl)cc3Cl)nc3cnc(N[C@H]4CCC[C@@H](O)C4)nc32)CC1. The van der Waals surface area contributed by atoms with Crippen molar-refractivity contribution >= 4 is 69.5 Å². The van der Waals surface area contributed by atoms with Crippen LogP contribution >= 0.6 is 34.8 Å². The zero-order chi connectivity index (χ0) is 25.4. The minimum Gasteiger partial charge on any atom is -0.393 e. The van der Waals surface area contributed by atoms with Gasteiger partial charge in [-0.3, -0.25) is 9.36 Å². The predicted octanol–water partition coefficient (Wildman–Crippen LogP) is 5.46. The summed E-state index contributed by atoms with van der Waals surface area (Å²) in [5, 5.41) is 17.9. The highest BCUT2D eigenvalue weighted by atomic mass is 35.5. The molecule has 0 unspecified atom stereocenters. The van der Waals surface area contributed by atoms with Crippen molar-refractivity contribution in [2.45, 2.75) is 69.6 Å². The maximum Gasteiger partial charge on any atom is 0.224 e. The zero-order valence-electron chi connectivity index (χ0n) is 19.6. The van der Waals surface area contributed by atoms with Crippen molar-refractivity contribution in [1.29, 1.82) is 0 Å². The van der Waals surface area contributed by atoms with Gasteiger partial charge in [0.05, 0.1) is 28.0 Å². The molecule has 2 aliphatic rings. The highest BCUT2D eigenvalue weighted by molar-refractivity contribution is 6.41. The Morgan fingerprint density at radius 1 is 1.06 bits per heavy atom. The molecule has 2 saturated carbocycles. The summed E-state index contributed by atoms with van der Waals surface area (Å²) in [7, 11) is 0. The number of imidazole rings is 1. The lowest BCUT2D eigenvalue weighted by Gasteiger charge is -2.29. The lowest BCUT2D eigenvalue weighted by Crippen LogP contribution is -2.30. The van der Waals surface area contributed by atoms with Gasteiger partial charge in [-0.1, -0.05) is 34.8 Å². The van der Waals surface area contributed by atoms with Crippen LogP contribution in [0.15, 0.2) is 18.3 Å². The molecule has 1 aromatic carbocycles. The number of halogens is 3. The van der Waals surface area contributed by atoms with Crippen molar-refractivity contribution in [2.24, 2.45) is 11.7 Å². The number of aromatic nitrogens is 4. The van der Waals surface area contributed by atoms with Crippen LogP contribution in [0.25, 0.3) is 11.2 Å². The fourth-order valence-electron chi connectivity index (χ4n) is 5.26. The van der Waals surface area contributed by atoms with Gasteiger partial charge in [0.2, 0.25) is 17.8 Å². The van der Waals surface area contributed by atoms with Crippen molar-refractivity contribution in [3.05, 3.63) is 33.4 Å². The second kappa shape index (κ2) is 10.6. The van der Waals surface area contributed by atoms with E-state index in [0.717, 1.165) is 32.1 Å². The number of nitrogens with two attached hydrogens (primary N) is 1. The van der Waals surface area contributed by atoms with Crippen LogP contribution in [0.3, 0.4) is 0 Å². The van der Waals surface area contributed by atoms with Gasteiger partial charge in [-0.25, -0.2) is 9.97 Å². The molecule has 2 heterocycles. The van der Waals surface area contributed by atoms with Crippen molar-refractivity contribution in [3.63, 3.8) is 0 Å². The van der Waals surface area contributed by atoms with Crippen molar-refractivity contribution in [1.82, 2.24) is 19.5 Å². The van der Waals surface area contributed by atoms with Crippen LogP contribution in [0.2, 0.25) is 15.1 Å². The molecular formula is C24H28Cl3N7O2. The third-order valence-electron chi connectivity index (χ3n) is 7.12. The van der Waals surface area contributed by atoms with Gasteiger partial charge in [0.25, 0.3) is 0 Å². The van der Waals surface area contributed by atoms with Crippen LogP contribution in [-0.2, 0) is 4.79 Å². The fraction of sp³-hybridized carbons (Fsp3) is 0.500. The van der Waals surface area contributed by atoms with Gasteiger partial charge in [-0.2, -0.15) is 4.98 Å². The minimum absolute atomic E-state index is 0.0391. The second-order valence-corrected chi connectivity index (χ2v) is 10.9. The van der Waals surface area contributed by atoms with Crippen molar-refractivity contribution < 1.29 is 9.90 Å². The van der Waals surface area contributed by atoms with E-state index in [1.54, 1.807) is 18.3 Å². The summed E-state index contributed by atoms with van der Waals surface area (Å²) in [6.07, 6.45) is 7.65. The van der Waals surface area contributed by atoms with Crippen LogP contribution in [0.5, 0.6) is 0 Å². The monoisotopic (exact) mass is 551 g/mol. The van der Waals surface area contributed by atoms with E-state index in [9.17, 15) is 9.90 Å². The average Bonchev–Trinajstić information content (AvgIpc) is 3.18. The number of anilines is 3.